The highest BCUT2D eigenvalue weighted by atomic mass is 16.7. The number of rotatable bonds is 7. The van der Waals surface area contributed by atoms with Crippen molar-refractivity contribution in [3.8, 4) is 17.2 Å². The maximum absolute atomic E-state index is 13.0. The van der Waals surface area contributed by atoms with E-state index in [2.05, 4.69) is 5.32 Å². The Labute approximate surface area is 169 Å². The zero-order valence-corrected chi connectivity index (χ0v) is 16.7. The maximum atomic E-state index is 13.0. The van der Waals surface area contributed by atoms with E-state index in [9.17, 15) is 9.59 Å². The standard InChI is InChI=1S/C22H24N2O5/c1-4-24(5-2)22(26)18(12-15-6-11-19-20(13-15)29-14-28-19)23-21(25)16-7-9-17(27-3)10-8-16/h6-13H,4-5,14H2,1-3H3,(H,23,25)/b18-12-. The Hall–Kier alpha value is -3.48. The molecule has 2 amide bonds. The first-order valence-corrected chi connectivity index (χ1v) is 9.41. The molecule has 7 heteroatoms. The molecule has 1 heterocycles. The van der Waals surface area contributed by atoms with Gasteiger partial charge in [-0.1, -0.05) is 6.07 Å². The molecule has 1 N–H and O–H groups in total. The second-order valence-corrected chi connectivity index (χ2v) is 6.33. The summed E-state index contributed by atoms with van der Waals surface area (Å²) in [5, 5.41) is 2.75. The van der Waals surface area contributed by atoms with Crippen molar-refractivity contribution < 1.29 is 23.8 Å². The molecule has 0 aromatic heterocycles. The summed E-state index contributed by atoms with van der Waals surface area (Å²) in [6.07, 6.45) is 1.64. The lowest BCUT2D eigenvalue weighted by Gasteiger charge is -2.21. The van der Waals surface area contributed by atoms with E-state index in [1.807, 2.05) is 19.9 Å². The number of carbonyl (C=O) groups excluding carboxylic acids is 2. The summed E-state index contributed by atoms with van der Waals surface area (Å²) < 4.78 is 15.8. The summed E-state index contributed by atoms with van der Waals surface area (Å²) >= 11 is 0. The van der Waals surface area contributed by atoms with Crippen LogP contribution in [0.1, 0.15) is 29.8 Å². The smallest absolute Gasteiger partial charge is 0.270 e. The van der Waals surface area contributed by atoms with Gasteiger partial charge in [-0.25, -0.2) is 0 Å². The number of fused-ring (bicyclic) bond motifs is 1. The summed E-state index contributed by atoms with van der Waals surface area (Å²) in [4.78, 5) is 27.4. The van der Waals surface area contributed by atoms with Crippen LogP contribution in [0.4, 0.5) is 0 Å². The van der Waals surface area contributed by atoms with Crippen LogP contribution >= 0.6 is 0 Å². The molecule has 2 aromatic rings. The van der Waals surface area contributed by atoms with Crippen LogP contribution in [-0.2, 0) is 4.79 Å². The molecule has 0 spiro atoms. The number of carbonyl (C=O) groups is 2. The van der Waals surface area contributed by atoms with Gasteiger partial charge in [0.05, 0.1) is 7.11 Å². The zero-order valence-electron chi connectivity index (χ0n) is 16.7. The monoisotopic (exact) mass is 396 g/mol. The number of benzene rings is 2. The topological polar surface area (TPSA) is 77.1 Å². The molecular weight excluding hydrogens is 372 g/mol. The predicted octanol–water partition coefficient (Wildman–Crippen LogP) is 3.06. The van der Waals surface area contributed by atoms with Crippen LogP contribution in [0.3, 0.4) is 0 Å². The van der Waals surface area contributed by atoms with Crippen LogP contribution in [0.2, 0.25) is 0 Å². The normalized spacial score (nSPS) is 12.4. The van der Waals surface area contributed by atoms with Crippen LogP contribution in [0.5, 0.6) is 17.2 Å². The molecule has 0 saturated heterocycles. The van der Waals surface area contributed by atoms with Gasteiger partial charge in [-0.05, 0) is 61.9 Å². The van der Waals surface area contributed by atoms with Gasteiger partial charge in [0.15, 0.2) is 11.5 Å². The van der Waals surface area contributed by atoms with Gasteiger partial charge in [0.1, 0.15) is 11.4 Å². The molecule has 29 heavy (non-hydrogen) atoms. The fourth-order valence-corrected chi connectivity index (χ4v) is 2.94. The molecule has 2 aromatic carbocycles. The molecule has 3 rings (SSSR count). The van der Waals surface area contributed by atoms with Crippen LogP contribution in [-0.4, -0.2) is 43.7 Å². The van der Waals surface area contributed by atoms with Crippen molar-refractivity contribution in [1.29, 1.82) is 0 Å². The van der Waals surface area contributed by atoms with Gasteiger partial charge >= 0.3 is 0 Å². The molecule has 0 unspecified atom stereocenters. The molecule has 0 fully saturated rings. The second-order valence-electron chi connectivity index (χ2n) is 6.33. The molecule has 0 atom stereocenters. The van der Waals surface area contributed by atoms with Crippen molar-refractivity contribution >= 4 is 17.9 Å². The lowest BCUT2D eigenvalue weighted by atomic mass is 10.1. The SMILES string of the molecule is CCN(CC)C(=O)/C(=C/c1ccc2c(c1)OCO2)NC(=O)c1ccc(OC)cc1. The number of likely N-dealkylation sites (N-methyl/N-ethyl adjacent to an activating group) is 1. The Morgan fingerprint density at radius 3 is 2.41 bits per heavy atom. The Kier molecular flexibility index (Phi) is 6.39. The van der Waals surface area contributed by atoms with Crippen LogP contribution in [0.15, 0.2) is 48.2 Å². The van der Waals surface area contributed by atoms with Crippen molar-refractivity contribution in [3.05, 3.63) is 59.3 Å². The fraction of sp³-hybridized carbons (Fsp3) is 0.273. The van der Waals surface area contributed by atoms with Crippen molar-refractivity contribution in [3.63, 3.8) is 0 Å². The van der Waals surface area contributed by atoms with Gasteiger partial charge < -0.3 is 24.4 Å². The zero-order chi connectivity index (χ0) is 20.8. The van der Waals surface area contributed by atoms with Gasteiger partial charge in [-0.3, -0.25) is 9.59 Å². The van der Waals surface area contributed by atoms with E-state index >= 15 is 0 Å². The lowest BCUT2D eigenvalue weighted by Crippen LogP contribution is -2.38. The minimum Gasteiger partial charge on any atom is -0.497 e. The minimum atomic E-state index is -0.375. The van der Waals surface area contributed by atoms with E-state index in [1.165, 1.54) is 0 Å². The number of hydrogen-bond donors (Lipinski definition) is 1. The fourth-order valence-electron chi connectivity index (χ4n) is 2.94. The van der Waals surface area contributed by atoms with Crippen LogP contribution in [0, 0.1) is 0 Å². The molecule has 7 nitrogen and oxygen atoms in total. The average Bonchev–Trinajstić information content (AvgIpc) is 3.22. The van der Waals surface area contributed by atoms with E-state index in [-0.39, 0.29) is 24.3 Å². The molecule has 0 saturated carbocycles. The third-order valence-electron chi connectivity index (χ3n) is 4.59. The second kappa shape index (κ2) is 9.14. The number of nitrogens with one attached hydrogen (secondary N) is 1. The number of ether oxygens (including phenoxy) is 3. The molecule has 1 aliphatic heterocycles. The Balaban J connectivity index is 1.89. The summed E-state index contributed by atoms with van der Waals surface area (Å²) in [7, 11) is 1.56. The van der Waals surface area contributed by atoms with Crippen LogP contribution < -0.4 is 19.5 Å². The van der Waals surface area contributed by atoms with Crippen molar-refractivity contribution in [2.75, 3.05) is 27.0 Å². The van der Waals surface area contributed by atoms with E-state index in [4.69, 9.17) is 14.2 Å². The number of amides is 2. The first-order valence-electron chi connectivity index (χ1n) is 9.41. The van der Waals surface area contributed by atoms with E-state index in [0.717, 1.165) is 5.56 Å². The highest BCUT2D eigenvalue weighted by Gasteiger charge is 2.20. The molecule has 0 radical (unpaired) electrons. The van der Waals surface area contributed by atoms with Crippen molar-refractivity contribution in [2.24, 2.45) is 0 Å². The quantitative estimate of drug-likeness (QED) is 0.728. The number of nitrogens with zero attached hydrogens (tertiary/aromatic N) is 1. The van der Waals surface area contributed by atoms with Gasteiger partial charge in [0, 0.05) is 18.7 Å². The maximum Gasteiger partial charge on any atom is 0.270 e. The van der Waals surface area contributed by atoms with Crippen molar-refractivity contribution in [2.45, 2.75) is 13.8 Å². The largest absolute Gasteiger partial charge is 0.497 e. The lowest BCUT2D eigenvalue weighted by molar-refractivity contribution is -0.127. The summed E-state index contributed by atoms with van der Waals surface area (Å²) in [5.74, 6) is 1.28. The highest BCUT2D eigenvalue weighted by Crippen LogP contribution is 2.33. The van der Waals surface area contributed by atoms with E-state index in [1.54, 1.807) is 54.5 Å². The summed E-state index contributed by atoms with van der Waals surface area (Å²) in [6, 6.07) is 12.0. The van der Waals surface area contributed by atoms with E-state index in [0.29, 0.717) is 35.9 Å². The molecular formula is C22H24N2O5. The highest BCUT2D eigenvalue weighted by molar-refractivity contribution is 6.05. The Bertz CT molecular complexity index is 917. The van der Waals surface area contributed by atoms with Gasteiger partial charge in [-0.2, -0.15) is 0 Å². The van der Waals surface area contributed by atoms with Gasteiger partial charge in [-0.15, -0.1) is 0 Å². The van der Waals surface area contributed by atoms with Crippen LogP contribution in [0.25, 0.3) is 6.08 Å². The van der Waals surface area contributed by atoms with Gasteiger partial charge in [0.2, 0.25) is 6.79 Å². The first-order chi connectivity index (χ1) is 14.0. The third-order valence-corrected chi connectivity index (χ3v) is 4.59. The number of methoxy groups -OCH3 is 1. The molecule has 152 valence electrons. The molecule has 0 bridgehead atoms. The summed E-state index contributed by atoms with van der Waals surface area (Å²) in [5.41, 5.74) is 1.34. The first kappa shape index (κ1) is 20.3. The Morgan fingerprint density at radius 1 is 1.07 bits per heavy atom. The van der Waals surface area contributed by atoms with E-state index < -0.39 is 0 Å². The predicted molar refractivity (Wildman–Crippen MR) is 109 cm³/mol. The number of hydrogen-bond acceptors (Lipinski definition) is 5. The minimum absolute atomic E-state index is 0.169. The molecule has 1 aliphatic rings. The van der Waals surface area contributed by atoms with Crippen molar-refractivity contribution in [1.82, 2.24) is 10.2 Å². The third kappa shape index (κ3) is 4.68. The summed E-state index contributed by atoms with van der Waals surface area (Å²) in [6.45, 7) is 5.02. The average molecular weight is 396 g/mol. The molecule has 0 aliphatic carbocycles. The van der Waals surface area contributed by atoms with Gasteiger partial charge in [0.25, 0.3) is 11.8 Å². The Morgan fingerprint density at radius 2 is 1.76 bits per heavy atom.